The number of aromatic amines is 1. The number of ether oxygens (including phenoxy) is 1. The highest BCUT2D eigenvalue weighted by Gasteiger charge is 2.34. The van der Waals surface area contributed by atoms with Crippen LogP contribution in [0.25, 0.3) is 0 Å². The second-order valence-electron chi connectivity index (χ2n) is 4.07. The minimum absolute atomic E-state index is 0.244. The van der Waals surface area contributed by atoms with Gasteiger partial charge in [-0.25, -0.2) is 4.98 Å². The van der Waals surface area contributed by atoms with Gasteiger partial charge in [-0.1, -0.05) is 18.7 Å². The van der Waals surface area contributed by atoms with Gasteiger partial charge in [-0.05, 0) is 27.3 Å². The number of carbonyl (C=O) groups excluding carboxylic acids is 1. The van der Waals surface area contributed by atoms with E-state index in [4.69, 9.17) is 4.74 Å². The average Bonchev–Trinajstić information content (AvgIpc) is 2.73. The average molecular weight is 272 g/mol. The third kappa shape index (κ3) is 3.99. The molecule has 2 N–H and O–H groups in total. The first-order valence-corrected chi connectivity index (χ1v) is 6.94. The van der Waals surface area contributed by atoms with Gasteiger partial charge in [0.25, 0.3) is 0 Å². The number of H-pyrrole nitrogens is 1. The fraction of sp³-hybridized carbons (Fsp3) is 0.727. The number of thioether (sulfide) groups is 1. The zero-order valence-electron chi connectivity index (χ0n) is 11.2. The number of hydrogen-bond donors (Lipinski definition) is 2. The molecule has 0 amide bonds. The minimum atomic E-state index is -0.718. The second-order valence-corrected chi connectivity index (χ2v) is 5.02. The van der Waals surface area contributed by atoms with Crippen molar-refractivity contribution in [3.05, 3.63) is 5.82 Å². The zero-order chi connectivity index (χ0) is 13.6. The Morgan fingerprint density at radius 3 is 2.78 bits per heavy atom. The van der Waals surface area contributed by atoms with E-state index < -0.39 is 5.54 Å². The Bertz CT molecular complexity index is 396. The highest BCUT2D eigenvalue weighted by molar-refractivity contribution is 7.99. The molecule has 0 aliphatic heterocycles. The predicted molar refractivity (Wildman–Crippen MR) is 70.6 cm³/mol. The molecule has 0 saturated carbocycles. The number of carbonyl (C=O) groups is 1. The van der Waals surface area contributed by atoms with Crippen LogP contribution in [0.5, 0.6) is 0 Å². The molecular formula is C11H20N4O2S. The van der Waals surface area contributed by atoms with Crippen molar-refractivity contribution in [2.24, 2.45) is 0 Å². The lowest BCUT2D eigenvalue weighted by atomic mass is 10.1. The van der Waals surface area contributed by atoms with Gasteiger partial charge in [0.1, 0.15) is 11.4 Å². The molecule has 1 heterocycles. The van der Waals surface area contributed by atoms with Crippen molar-refractivity contribution in [3.8, 4) is 0 Å². The standard InChI is InChI=1S/C11H20N4O2S/c1-5-12-11(4,9(16)17-6-2)7-18-10-13-8(3)14-15-10/h12H,5-7H2,1-4H3,(H,13,14,15). The van der Waals surface area contributed by atoms with Gasteiger partial charge in [0.2, 0.25) is 5.16 Å². The van der Waals surface area contributed by atoms with Crippen molar-refractivity contribution in [1.29, 1.82) is 0 Å². The van der Waals surface area contributed by atoms with E-state index >= 15 is 0 Å². The number of esters is 1. The smallest absolute Gasteiger partial charge is 0.326 e. The Balaban J connectivity index is 2.64. The SMILES string of the molecule is CCNC(C)(CSc1n[nH]c(C)n1)C(=O)OCC. The normalized spacial score (nSPS) is 14.2. The molecule has 0 bridgehead atoms. The summed E-state index contributed by atoms with van der Waals surface area (Å²) in [7, 11) is 0. The maximum atomic E-state index is 11.9. The molecule has 102 valence electrons. The number of hydrogen-bond acceptors (Lipinski definition) is 6. The van der Waals surface area contributed by atoms with Crippen molar-refractivity contribution < 1.29 is 9.53 Å². The number of nitrogens with zero attached hydrogens (tertiary/aromatic N) is 2. The van der Waals surface area contributed by atoms with Crippen LogP contribution in [0.2, 0.25) is 0 Å². The van der Waals surface area contributed by atoms with Crippen LogP contribution in [0.15, 0.2) is 5.16 Å². The third-order valence-electron chi connectivity index (χ3n) is 2.36. The summed E-state index contributed by atoms with van der Waals surface area (Å²) in [5, 5.41) is 10.6. The molecule has 6 nitrogen and oxygen atoms in total. The lowest BCUT2D eigenvalue weighted by Crippen LogP contribution is -2.52. The Morgan fingerprint density at radius 1 is 1.56 bits per heavy atom. The largest absolute Gasteiger partial charge is 0.465 e. The van der Waals surface area contributed by atoms with Crippen LogP contribution in [-0.4, -0.2) is 45.6 Å². The van der Waals surface area contributed by atoms with Crippen LogP contribution in [-0.2, 0) is 9.53 Å². The van der Waals surface area contributed by atoms with E-state index in [0.717, 1.165) is 5.82 Å². The first-order chi connectivity index (χ1) is 8.51. The number of nitrogens with one attached hydrogen (secondary N) is 2. The molecule has 1 aromatic heterocycles. The summed E-state index contributed by atoms with van der Waals surface area (Å²) in [6.45, 7) is 8.51. The maximum absolute atomic E-state index is 11.9. The van der Waals surface area contributed by atoms with Crippen molar-refractivity contribution in [3.63, 3.8) is 0 Å². The Hall–Kier alpha value is -1.08. The number of likely N-dealkylation sites (N-methyl/N-ethyl adjacent to an activating group) is 1. The highest BCUT2D eigenvalue weighted by atomic mass is 32.2. The number of aryl methyl sites for hydroxylation is 1. The van der Waals surface area contributed by atoms with Gasteiger partial charge >= 0.3 is 5.97 Å². The van der Waals surface area contributed by atoms with Crippen LogP contribution in [0.1, 0.15) is 26.6 Å². The molecule has 18 heavy (non-hydrogen) atoms. The monoisotopic (exact) mass is 272 g/mol. The van der Waals surface area contributed by atoms with Gasteiger partial charge < -0.3 is 10.1 Å². The minimum Gasteiger partial charge on any atom is -0.465 e. The summed E-state index contributed by atoms with van der Waals surface area (Å²) in [5.41, 5.74) is -0.718. The zero-order valence-corrected chi connectivity index (χ0v) is 12.1. The van der Waals surface area contributed by atoms with Crippen molar-refractivity contribution in [2.45, 2.75) is 38.4 Å². The molecule has 0 aliphatic carbocycles. The number of rotatable bonds is 7. The Morgan fingerprint density at radius 2 is 2.28 bits per heavy atom. The third-order valence-corrected chi connectivity index (χ3v) is 3.52. The van der Waals surface area contributed by atoms with E-state index in [2.05, 4.69) is 20.5 Å². The van der Waals surface area contributed by atoms with E-state index in [1.165, 1.54) is 11.8 Å². The van der Waals surface area contributed by atoms with Gasteiger partial charge in [0, 0.05) is 5.75 Å². The molecule has 0 radical (unpaired) electrons. The molecule has 1 atom stereocenters. The molecule has 0 aliphatic rings. The van der Waals surface area contributed by atoms with Crippen LogP contribution < -0.4 is 5.32 Å². The molecule has 7 heteroatoms. The summed E-state index contributed by atoms with van der Waals surface area (Å²) >= 11 is 1.43. The first-order valence-electron chi connectivity index (χ1n) is 5.96. The molecule has 1 aromatic rings. The number of aromatic nitrogens is 3. The van der Waals surface area contributed by atoms with E-state index in [-0.39, 0.29) is 5.97 Å². The van der Waals surface area contributed by atoms with Gasteiger partial charge in [-0.3, -0.25) is 9.89 Å². The van der Waals surface area contributed by atoms with Crippen LogP contribution >= 0.6 is 11.8 Å². The van der Waals surface area contributed by atoms with Crippen LogP contribution in [0.4, 0.5) is 0 Å². The Labute approximate surface area is 111 Å². The Kier molecular flexibility index (Phi) is 5.61. The van der Waals surface area contributed by atoms with E-state index in [1.807, 2.05) is 20.8 Å². The van der Waals surface area contributed by atoms with Crippen molar-refractivity contribution in [2.75, 3.05) is 18.9 Å². The topological polar surface area (TPSA) is 79.9 Å². The van der Waals surface area contributed by atoms with Crippen molar-refractivity contribution in [1.82, 2.24) is 20.5 Å². The molecule has 0 fully saturated rings. The predicted octanol–water partition coefficient (Wildman–Crippen LogP) is 1.14. The van der Waals surface area contributed by atoms with Gasteiger partial charge in [0.05, 0.1) is 6.61 Å². The lowest BCUT2D eigenvalue weighted by Gasteiger charge is -2.27. The summed E-state index contributed by atoms with van der Waals surface area (Å²) in [4.78, 5) is 16.1. The fourth-order valence-corrected chi connectivity index (χ4v) is 2.41. The quantitative estimate of drug-likeness (QED) is 0.572. The summed E-state index contributed by atoms with van der Waals surface area (Å²) in [5.74, 6) is 1.04. The van der Waals surface area contributed by atoms with E-state index in [0.29, 0.717) is 24.1 Å². The molecule has 0 aromatic carbocycles. The summed E-state index contributed by atoms with van der Waals surface area (Å²) in [6, 6.07) is 0. The van der Waals surface area contributed by atoms with Crippen LogP contribution in [0, 0.1) is 6.92 Å². The molecule has 1 unspecified atom stereocenters. The van der Waals surface area contributed by atoms with Gasteiger partial charge in [-0.15, -0.1) is 5.10 Å². The molecule has 0 saturated heterocycles. The van der Waals surface area contributed by atoms with Gasteiger partial charge in [-0.2, -0.15) is 0 Å². The summed E-state index contributed by atoms with van der Waals surface area (Å²) < 4.78 is 5.09. The summed E-state index contributed by atoms with van der Waals surface area (Å²) in [6.07, 6.45) is 0. The fourth-order valence-electron chi connectivity index (χ4n) is 1.46. The van der Waals surface area contributed by atoms with E-state index in [9.17, 15) is 4.79 Å². The molecule has 1 rings (SSSR count). The van der Waals surface area contributed by atoms with Crippen LogP contribution in [0.3, 0.4) is 0 Å². The molecular weight excluding hydrogens is 252 g/mol. The van der Waals surface area contributed by atoms with Gasteiger partial charge in [0.15, 0.2) is 0 Å². The molecule has 0 spiro atoms. The maximum Gasteiger partial charge on any atom is 0.326 e. The first kappa shape index (κ1) is 15.0. The van der Waals surface area contributed by atoms with Crippen molar-refractivity contribution >= 4 is 17.7 Å². The lowest BCUT2D eigenvalue weighted by molar-refractivity contribution is -0.149. The van der Waals surface area contributed by atoms with E-state index in [1.54, 1.807) is 6.92 Å². The second kappa shape index (κ2) is 6.75. The highest BCUT2D eigenvalue weighted by Crippen LogP contribution is 2.20.